The molecule has 48 valence electrons. The minimum atomic E-state index is 0.968. The van der Waals surface area contributed by atoms with Crippen LogP contribution >= 0.6 is 15.9 Å². The van der Waals surface area contributed by atoms with E-state index in [0.717, 1.165) is 17.8 Å². The van der Waals surface area contributed by atoms with Crippen molar-refractivity contribution in [3.63, 3.8) is 0 Å². The smallest absolute Gasteiger partial charge is 0.00647 e. The van der Waals surface area contributed by atoms with Gasteiger partial charge in [-0.25, -0.2) is 0 Å². The number of alkyl halides is 1. The van der Waals surface area contributed by atoms with E-state index in [-0.39, 0.29) is 0 Å². The number of hydrogen-bond donors (Lipinski definition) is 0. The minimum absolute atomic E-state index is 0.968. The third-order valence-corrected chi connectivity index (χ3v) is 3.13. The lowest BCUT2D eigenvalue weighted by atomic mass is 9.68. The van der Waals surface area contributed by atoms with Crippen LogP contribution in [-0.2, 0) is 0 Å². The summed E-state index contributed by atoms with van der Waals surface area (Å²) >= 11 is 3.51. The molecule has 2 unspecified atom stereocenters. The third kappa shape index (κ3) is 0.928. The van der Waals surface area contributed by atoms with E-state index in [4.69, 9.17) is 0 Å². The van der Waals surface area contributed by atoms with E-state index in [1.165, 1.54) is 11.8 Å². The molecule has 1 heteroatoms. The molecule has 0 aliphatic heterocycles. The molecule has 0 spiro atoms. The van der Waals surface area contributed by atoms with Gasteiger partial charge < -0.3 is 0 Å². The Morgan fingerprint density at radius 1 is 1.38 bits per heavy atom. The van der Waals surface area contributed by atoms with Crippen molar-refractivity contribution in [3.05, 3.63) is 0 Å². The second kappa shape index (κ2) is 2.38. The lowest BCUT2D eigenvalue weighted by molar-refractivity contribution is 0.126. The van der Waals surface area contributed by atoms with Crippen LogP contribution < -0.4 is 0 Å². The number of halogens is 1. The van der Waals surface area contributed by atoms with E-state index in [2.05, 4.69) is 29.8 Å². The van der Waals surface area contributed by atoms with Crippen LogP contribution in [0.3, 0.4) is 0 Å². The fraction of sp³-hybridized carbons (Fsp3) is 1.00. The normalized spacial score (nSPS) is 46.1. The standard InChI is InChI=1S/C7H13Br/c1-5-3-6(2)7(5)4-8/h5-7H,3-4H2,1-2H3. The van der Waals surface area contributed by atoms with Crippen LogP contribution in [-0.4, -0.2) is 5.33 Å². The van der Waals surface area contributed by atoms with Crippen molar-refractivity contribution in [1.29, 1.82) is 0 Å². The van der Waals surface area contributed by atoms with Crippen molar-refractivity contribution in [3.8, 4) is 0 Å². The number of rotatable bonds is 1. The van der Waals surface area contributed by atoms with Gasteiger partial charge in [-0.2, -0.15) is 0 Å². The van der Waals surface area contributed by atoms with Gasteiger partial charge in [0.25, 0.3) is 0 Å². The van der Waals surface area contributed by atoms with Gasteiger partial charge in [-0.05, 0) is 24.2 Å². The Labute approximate surface area is 59.8 Å². The predicted octanol–water partition coefficient (Wildman–Crippen LogP) is 2.67. The first-order valence-electron chi connectivity index (χ1n) is 3.31. The molecule has 1 aliphatic rings. The van der Waals surface area contributed by atoms with Gasteiger partial charge in [0.15, 0.2) is 0 Å². The van der Waals surface area contributed by atoms with E-state index in [1.807, 2.05) is 0 Å². The van der Waals surface area contributed by atoms with E-state index >= 15 is 0 Å². The van der Waals surface area contributed by atoms with Crippen molar-refractivity contribution >= 4 is 15.9 Å². The Kier molecular flexibility index (Phi) is 1.97. The maximum atomic E-state index is 3.51. The van der Waals surface area contributed by atoms with Crippen LogP contribution in [0.1, 0.15) is 20.3 Å². The minimum Gasteiger partial charge on any atom is -0.0925 e. The molecule has 1 saturated carbocycles. The van der Waals surface area contributed by atoms with Crippen molar-refractivity contribution in [2.75, 3.05) is 5.33 Å². The highest BCUT2D eigenvalue weighted by Gasteiger charge is 2.32. The highest BCUT2D eigenvalue weighted by Crippen LogP contribution is 2.40. The maximum Gasteiger partial charge on any atom is 0.00647 e. The molecule has 0 aromatic rings. The van der Waals surface area contributed by atoms with E-state index < -0.39 is 0 Å². The first kappa shape index (κ1) is 6.60. The highest BCUT2D eigenvalue weighted by atomic mass is 79.9. The molecule has 0 aromatic heterocycles. The molecule has 1 aliphatic carbocycles. The van der Waals surface area contributed by atoms with Crippen LogP contribution in [0.2, 0.25) is 0 Å². The molecule has 0 N–H and O–H groups in total. The lowest BCUT2D eigenvalue weighted by Gasteiger charge is -2.39. The summed E-state index contributed by atoms with van der Waals surface area (Å²) in [6.07, 6.45) is 1.44. The SMILES string of the molecule is CC1CC(C)C1CBr. The quantitative estimate of drug-likeness (QED) is 0.540. The van der Waals surface area contributed by atoms with Gasteiger partial charge in [0.1, 0.15) is 0 Å². The van der Waals surface area contributed by atoms with Crippen molar-refractivity contribution in [2.24, 2.45) is 17.8 Å². The summed E-state index contributed by atoms with van der Waals surface area (Å²) in [5.41, 5.74) is 0. The average Bonchev–Trinajstić information content (AvgIpc) is 1.67. The lowest BCUT2D eigenvalue weighted by Crippen LogP contribution is -2.33. The van der Waals surface area contributed by atoms with Gasteiger partial charge in [0, 0.05) is 5.33 Å². The van der Waals surface area contributed by atoms with Gasteiger partial charge >= 0.3 is 0 Å². The van der Waals surface area contributed by atoms with Gasteiger partial charge in [0.2, 0.25) is 0 Å². The predicted molar refractivity (Wildman–Crippen MR) is 40.2 cm³/mol. The van der Waals surface area contributed by atoms with Crippen molar-refractivity contribution in [1.82, 2.24) is 0 Å². The molecular weight excluding hydrogens is 164 g/mol. The van der Waals surface area contributed by atoms with Gasteiger partial charge in [-0.15, -0.1) is 0 Å². The second-order valence-corrected chi connectivity index (χ2v) is 3.66. The van der Waals surface area contributed by atoms with Crippen LogP contribution in [0.5, 0.6) is 0 Å². The molecule has 0 amide bonds. The summed E-state index contributed by atoms with van der Waals surface area (Å²) in [6.45, 7) is 4.68. The molecule has 2 atom stereocenters. The van der Waals surface area contributed by atoms with Crippen LogP contribution in [0.25, 0.3) is 0 Å². The second-order valence-electron chi connectivity index (χ2n) is 3.01. The molecule has 0 radical (unpaired) electrons. The fourth-order valence-corrected chi connectivity index (χ4v) is 2.88. The summed E-state index contributed by atoms with van der Waals surface area (Å²) < 4.78 is 0. The molecule has 8 heavy (non-hydrogen) atoms. The summed E-state index contributed by atoms with van der Waals surface area (Å²) in [6, 6.07) is 0. The van der Waals surface area contributed by atoms with Crippen molar-refractivity contribution in [2.45, 2.75) is 20.3 Å². The summed E-state index contributed by atoms with van der Waals surface area (Å²) in [5, 5.41) is 1.20. The van der Waals surface area contributed by atoms with Crippen LogP contribution in [0.4, 0.5) is 0 Å². The van der Waals surface area contributed by atoms with E-state index in [0.29, 0.717) is 0 Å². The zero-order chi connectivity index (χ0) is 6.15. The topological polar surface area (TPSA) is 0 Å². The molecule has 0 aromatic carbocycles. The summed E-state index contributed by atoms with van der Waals surface area (Å²) in [7, 11) is 0. The summed E-state index contributed by atoms with van der Waals surface area (Å²) in [5.74, 6) is 2.92. The Bertz CT molecular complexity index is 72.5. The molecule has 0 nitrogen and oxygen atoms in total. The average molecular weight is 177 g/mol. The van der Waals surface area contributed by atoms with Crippen LogP contribution in [0.15, 0.2) is 0 Å². The van der Waals surface area contributed by atoms with Gasteiger partial charge in [-0.3, -0.25) is 0 Å². The zero-order valence-electron chi connectivity index (χ0n) is 5.52. The first-order chi connectivity index (χ1) is 3.75. The molecule has 0 heterocycles. The molecule has 1 fully saturated rings. The monoisotopic (exact) mass is 176 g/mol. The third-order valence-electron chi connectivity index (χ3n) is 2.38. The molecule has 0 bridgehead atoms. The molecular formula is C7H13Br. The summed E-state index contributed by atoms with van der Waals surface area (Å²) in [4.78, 5) is 0. The van der Waals surface area contributed by atoms with Gasteiger partial charge in [0.05, 0.1) is 0 Å². The van der Waals surface area contributed by atoms with E-state index in [9.17, 15) is 0 Å². The Balaban J connectivity index is 2.29. The Morgan fingerprint density at radius 2 is 1.88 bits per heavy atom. The zero-order valence-corrected chi connectivity index (χ0v) is 7.11. The van der Waals surface area contributed by atoms with Gasteiger partial charge in [-0.1, -0.05) is 29.8 Å². The fourth-order valence-electron chi connectivity index (χ4n) is 1.61. The maximum absolute atomic E-state index is 3.51. The Morgan fingerprint density at radius 3 is 2.00 bits per heavy atom. The largest absolute Gasteiger partial charge is 0.0925 e. The van der Waals surface area contributed by atoms with Crippen LogP contribution in [0, 0.1) is 17.8 Å². The van der Waals surface area contributed by atoms with E-state index in [1.54, 1.807) is 0 Å². The first-order valence-corrected chi connectivity index (χ1v) is 4.43. The Hall–Kier alpha value is 0.480. The highest BCUT2D eigenvalue weighted by molar-refractivity contribution is 9.09. The molecule has 0 saturated heterocycles. The number of hydrogen-bond acceptors (Lipinski definition) is 0. The van der Waals surface area contributed by atoms with Crippen molar-refractivity contribution < 1.29 is 0 Å². The molecule has 1 rings (SSSR count).